The lowest BCUT2D eigenvalue weighted by Crippen LogP contribution is -2.05. The number of aryl methyl sites for hydroxylation is 1. The van der Waals surface area contributed by atoms with Crippen molar-refractivity contribution in [3.63, 3.8) is 0 Å². The summed E-state index contributed by atoms with van der Waals surface area (Å²) >= 11 is 0. The van der Waals surface area contributed by atoms with Crippen molar-refractivity contribution in [1.29, 1.82) is 0 Å². The fourth-order valence-electron chi connectivity index (χ4n) is 1.34. The summed E-state index contributed by atoms with van der Waals surface area (Å²) in [5.74, 6) is 1.19. The van der Waals surface area contributed by atoms with Gasteiger partial charge in [0.1, 0.15) is 0 Å². The van der Waals surface area contributed by atoms with Crippen LogP contribution in [0.15, 0.2) is 30.7 Å². The summed E-state index contributed by atoms with van der Waals surface area (Å²) in [5.41, 5.74) is 6.77. The largest absolute Gasteiger partial charge is 0.436 e. The molecular weight excluding hydrogens is 204 g/mol. The zero-order valence-electron chi connectivity index (χ0n) is 9.29. The van der Waals surface area contributed by atoms with Crippen LogP contribution in [0.4, 0.5) is 0 Å². The SMILES string of the molecule is CC(N)c1ccnc(Oc2cnn(C)c2)c1. The maximum Gasteiger partial charge on any atom is 0.219 e. The highest BCUT2D eigenvalue weighted by Gasteiger charge is 2.04. The minimum Gasteiger partial charge on any atom is -0.436 e. The molecule has 2 rings (SSSR count). The molecule has 0 amide bonds. The quantitative estimate of drug-likeness (QED) is 0.850. The lowest BCUT2D eigenvalue weighted by Gasteiger charge is -2.07. The van der Waals surface area contributed by atoms with Crippen LogP contribution >= 0.6 is 0 Å². The fourth-order valence-corrected chi connectivity index (χ4v) is 1.34. The third kappa shape index (κ3) is 2.38. The van der Waals surface area contributed by atoms with E-state index in [1.165, 1.54) is 0 Å². The van der Waals surface area contributed by atoms with E-state index in [2.05, 4.69) is 10.1 Å². The van der Waals surface area contributed by atoms with Gasteiger partial charge in [0.15, 0.2) is 5.75 Å². The van der Waals surface area contributed by atoms with Crippen LogP contribution in [0.25, 0.3) is 0 Å². The summed E-state index contributed by atoms with van der Waals surface area (Å²) in [6.07, 6.45) is 5.10. The Morgan fingerprint density at radius 2 is 2.31 bits per heavy atom. The molecule has 2 heterocycles. The van der Waals surface area contributed by atoms with Gasteiger partial charge in [-0.1, -0.05) is 0 Å². The molecule has 0 bridgehead atoms. The molecule has 0 saturated heterocycles. The first-order valence-corrected chi connectivity index (χ1v) is 5.03. The van der Waals surface area contributed by atoms with Gasteiger partial charge in [0.25, 0.3) is 0 Å². The molecule has 16 heavy (non-hydrogen) atoms. The highest BCUT2D eigenvalue weighted by molar-refractivity contribution is 5.27. The van der Waals surface area contributed by atoms with Crippen molar-refractivity contribution >= 4 is 0 Å². The maximum atomic E-state index is 5.78. The molecule has 2 aromatic rings. The summed E-state index contributed by atoms with van der Waals surface area (Å²) in [5, 5.41) is 4.01. The van der Waals surface area contributed by atoms with Gasteiger partial charge in [-0.2, -0.15) is 5.10 Å². The lowest BCUT2D eigenvalue weighted by atomic mass is 10.1. The number of hydrogen-bond acceptors (Lipinski definition) is 4. The predicted molar refractivity (Wildman–Crippen MR) is 60.1 cm³/mol. The number of nitrogens with two attached hydrogens (primary N) is 1. The summed E-state index contributed by atoms with van der Waals surface area (Å²) in [7, 11) is 1.83. The van der Waals surface area contributed by atoms with Gasteiger partial charge in [-0.05, 0) is 18.6 Å². The zero-order valence-corrected chi connectivity index (χ0v) is 9.29. The first-order valence-electron chi connectivity index (χ1n) is 5.03. The Balaban J connectivity index is 2.18. The van der Waals surface area contributed by atoms with Crippen molar-refractivity contribution < 1.29 is 4.74 Å². The zero-order chi connectivity index (χ0) is 11.5. The van der Waals surface area contributed by atoms with E-state index in [1.54, 1.807) is 23.3 Å². The normalized spacial score (nSPS) is 12.4. The van der Waals surface area contributed by atoms with E-state index in [1.807, 2.05) is 26.1 Å². The Morgan fingerprint density at radius 1 is 1.50 bits per heavy atom. The van der Waals surface area contributed by atoms with Crippen LogP contribution < -0.4 is 10.5 Å². The van der Waals surface area contributed by atoms with Gasteiger partial charge in [0.05, 0.1) is 12.4 Å². The van der Waals surface area contributed by atoms with Crippen LogP contribution in [0.1, 0.15) is 18.5 Å². The van der Waals surface area contributed by atoms with Crippen molar-refractivity contribution in [2.24, 2.45) is 12.8 Å². The van der Waals surface area contributed by atoms with E-state index >= 15 is 0 Å². The van der Waals surface area contributed by atoms with Crippen LogP contribution in [0.5, 0.6) is 11.6 Å². The molecule has 0 spiro atoms. The molecule has 0 aliphatic heterocycles. The van der Waals surface area contributed by atoms with Crippen molar-refractivity contribution in [2.45, 2.75) is 13.0 Å². The maximum absolute atomic E-state index is 5.78. The number of pyridine rings is 1. The number of rotatable bonds is 3. The molecule has 0 saturated carbocycles. The number of hydrogen-bond donors (Lipinski definition) is 1. The van der Waals surface area contributed by atoms with Crippen molar-refractivity contribution in [3.05, 3.63) is 36.3 Å². The minimum atomic E-state index is -0.0285. The summed E-state index contributed by atoms with van der Waals surface area (Å²) in [6.45, 7) is 1.92. The average molecular weight is 218 g/mol. The smallest absolute Gasteiger partial charge is 0.219 e. The molecule has 2 aromatic heterocycles. The van der Waals surface area contributed by atoms with Crippen molar-refractivity contribution in [3.8, 4) is 11.6 Å². The number of nitrogens with zero attached hydrogens (tertiary/aromatic N) is 3. The Bertz CT molecular complexity index is 478. The molecule has 84 valence electrons. The van der Waals surface area contributed by atoms with Gasteiger partial charge < -0.3 is 10.5 Å². The second kappa shape index (κ2) is 4.32. The monoisotopic (exact) mass is 218 g/mol. The number of ether oxygens (including phenoxy) is 1. The Kier molecular flexibility index (Phi) is 2.87. The second-order valence-corrected chi connectivity index (χ2v) is 3.67. The Morgan fingerprint density at radius 3 is 2.94 bits per heavy atom. The van der Waals surface area contributed by atoms with Crippen LogP contribution in [0, 0.1) is 0 Å². The Hall–Kier alpha value is -1.88. The van der Waals surface area contributed by atoms with Crippen LogP contribution in [0.3, 0.4) is 0 Å². The first-order chi connectivity index (χ1) is 7.65. The van der Waals surface area contributed by atoms with E-state index in [4.69, 9.17) is 10.5 Å². The summed E-state index contributed by atoms with van der Waals surface area (Å²) in [6, 6.07) is 3.68. The molecule has 5 nitrogen and oxygen atoms in total. The van der Waals surface area contributed by atoms with E-state index in [0.717, 1.165) is 5.56 Å². The summed E-state index contributed by atoms with van der Waals surface area (Å²) < 4.78 is 7.21. The Labute approximate surface area is 93.9 Å². The third-order valence-corrected chi connectivity index (χ3v) is 2.19. The highest BCUT2D eigenvalue weighted by Crippen LogP contribution is 2.20. The van der Waals surface area contributed by atoms with Crippen LogP contribution in [-0.2, 0) is 7.05 Å². The molecule has 0 fully saturated rings. The van der Waals surface area contributed by atoms with E-state index in [-0.39, 0.29) is 6.04 Å². The van der Waals surface area contributed by atoms with Crippen molar-refractivity contribution in [2.75, 3.05) is 0 Å². The second-order valence-electron chi connectivity index (χ2n) is 3.67. The molecular formula is C11H14N4O. The van der Waals surface area contributed by atoms with Crippen LogP contribution in [-0.4, -0.2) is 14.8 Å². The van der Waals surface area contributed by atoms with Gasteiger partial charge in [-0.3, -0.25) is 4.68 Å². The average Bonchev–Trinajstić information content (AvgIpc) is 2.64. The predicted octanol–water partition coefficient (Wildman–Crippen LogP) is 1.63. The third-order valence-electron chi connectivity index (χ3n) is 2.19. The van der Waals surface area contributed by atoms with Gasteiger partial charge in [0.2, 0.25) is 5.88 Å². The molecule has 0 aliphatic carbocycles. The van der Waals surface area contributed by atoms with Crippen LogP contribution in [0.2, 0.25) is 0 Å². The molecule has 1 atom stereocenters. The standard InChI is InChI=1S/C11H14N4O/c1-8(12)9-3-4-13-11(5-9)16-10-6-14-15(2)7-10/h3-8H,12H2,1-2H3. The fraction of sp³-hybridized carbons (Fsp3) is 0.273. The molecule has 1 unspecified atom stereocenters. The minimum absolute atomic E-state index is 0.0285. The highest BCUT2D eigenvalue weighted by atomic mass is 16.5. The molecule has 5 heteroatoms. The van der Waals surface area contributed by atoms with Gasteiger partial charge in [-0.25, -0.2) is 4.98 Å². The first kappa shape index (κ1) is 10.6. The van der Waals surface area contributed by atoms with Gasteiger partial charge >= 0.3 is 0 Å². The van der Waals surface area contributed by atoms with Gasteiger partial charge in [0, 0.05) is 25.4 Å². The number of aromatic nitrogens is 3. The van der Waals surface area contributed by atoms with E-state index in [9.17, 15) is 0 Å². The summed E-state index contributed by atoms with van der Waals surface area (Å²) in [4.78, 5) is 4.11. The molecule has 0 aromatic carbocycles. The molecule has 2 N–H and O–H groups in total. The van der Waals surface area contributed by atoms with Gasteiger partial charge in [-0.15, -0.1) is 0 Å². The molecule has 0 radical (unpaired) electrons. The van der Waals surface area contributed by atoms with E-state index in [0.29, 0.717) is 11.6 Å². The topological polar surface area (TPSA) is 66.0 Å². The lowest BCUT2D eigenvalue weighted by molar-refractivity contribution is 0.461. The van der Waals surface area contributed by atoms with E-state index < -0.39 is 0 Å². The van der Waals surface area contributed by atoms with Crippen molar-refractivity contribution in [1.82, 2.24) is 14.8 Å². The molecule has 0 aliphatic rings.